The Morgan fingerprint density at radius 3 is 2.67 bits per heavy atom. The van der Waals surface area contributed by atoms with Crippen molar-refractivity contribution in [1.29, 1.82) is 0 Å². The molecule has 2 aromatic rings. The van der Waals surface area contributed by atoms with Crippen LogP contribution in [0.5, 0.6) is 0 Å². The molecule has 3 rings (SSSR count). The third-order valence-corrected chi connectivity index (χ3v) is 4.87. The van der Waals surface area contributed by atoms with Crippen LogP contribution < -0.4 is 0 Å². The number of carbonyl (C=O) groups is 2. The molecule has 27 heavy (non-hydrogen) atoms. The van der Waals surface area contributed by atoms with E-state index in [-0.39, 0.29) is 24.2 Å². The van der Waals surface area contributed by atoms with Gasteiger partial charge < -0.3 is 14.5 Å². The fourth-order valence-corrected chi connectivity index (χ4v) is 3.44. The first-order valence-corrected chi connectivity index (χ1v) is 8.80. The summed E-state index contributed by atoms with van der Waals surface area (Å²) in [6.07, 6.45) is -0.204. The third kappa shape index (κ3) is 4.09. The van der Waals surface area contributed by atoms with Gasteiger partial charge in [0.2, 0.25) is 0 Å². The number of halogens is 1. The van der Waals surface area contributed by atoms with Crippen LogP contribution in [0.15, 0.2) is 24.3 Å². The number of rotatable bonds is 5. The number of aryl methyl sites for hydroxylation is 1. The molecule has 1 fully saturated rings. The monoisotopic (exact) mass is 374 g/mol. The Kier molecular flexibility index (Phi) is 5.72. The molecule has 1 N–H and O–H groups in total. The van der Waals surface area contributed by atoms with Gasteiger partial charge in [0.25, 0.3) is 0 Å². The fraction of sp³-hybridized carbons (Fsp3) is 0.400. The van der Waals surface area contributed by atoms with Crippen LogP contribution in [0.3, 0.4) is 0 Å². The van der Waals surface area contributed by atoms with Crippen LogP contribution in [0.4, 0.5) is 4.39 Å². The summed E-state index contributed by atoms with van der Waals surface area (Å²) < 4.78 is 23.7. The highest BCUT2D eigenvalue weighted by atomic mass is 19.1. The number of H-pyrrole nitrogens is 1. The molecule has 1 saturated heterocycles. The molecule has 6 nitrogen and oxygen atoms in total. The number of ether oxygens (including phenoxy) is 2. The minimum atomic E-state index is -0.456. The molecule has 7 heteroatoms. The molecule has 1 atom stereocenters. The minimum Gasteiger partial charge on any atom is -0.465 e. The largest absolute Gasteiger partial charge is 0.465 e. The van der Waals surface area contributed by atoms with Crippen LogP contribution in [0.2, 0.25) is 0 Å². The number of morpholine rings is 1. The molecule has 0 bridgehead atoms. The van der Waals surface area contributed by atoms with Crippen LogP contribution >= 0.6 is 0 Å². The zero-order valence-corrected chi connectivity index (χ0v) is 15.7. The number of benzene rings is 1. The minimum absolute atomic E-state index is 0.0921. The van der Waals surface area contributed by atoms with E-state index < -0.39 is 5.97 Å². The molecule has 2 heterocycles. The average molecular weight is 374 g/mol. The molecule has 1 aromatic carbocycles. The van der Waals surface area contributed by atoms with E-state index in [1.807, 2.05) is 4.90 Å². The lowest BCUT2D eigenvalue weighted by Gasteiger charge is -2.32. The van der Waals surface area contributed by atoms with Crippen molar-refractivity contribution in [3.63, 3.8) is 0 Å². The van der Waals surface area contributed by atoms with Crippen molar-refractivity contribution in [2.24, 2.45) is 0 Å². The van der Waals surface area contributed by atoms with Gasteiger partial charge in [-0.1, -0.05) is 12.1 Å². The lowest BCUT2D eigenvalue weighted by atomic mass is 10.1. The first kappa shape index (κ1) is 19.3. The Labute approximate surface area is 157 Å². The summed E-state index contributed by atoms with van der Waals surface area (Å²) in [5, 5.41) is 0. The highest BCUT2D eigenvalue weighted by molar-refractivity contribution is 6.02. The molecule has 0 spiro atoms. The van der Waals surface area contributed by atoms with Gasteiger partial charge >= 0.3 is 5.97 Å². The van der Waals surface area contributed by atoms with E-state index in [2.05, 4.69) is 4.98 Å². The standard InChI is InChI=1S/C20H23FN2O4/c1-12-18(20(25)26-3)13(2)22-19(12)16(24)10-23-8-9-27-17(11-23)14-4-6-15(21)7-5-14/h4-7,17,22H,8-11H2,1-3H3. The summed E-state index contributed by atoms with van der Waals surface area (Å²) in [6, 6.07) is 6.21. The van der Waals surface area contributed by atoms with Crippen molar-refractivity contribution < 1.29 is 23.5 Å². The van der Waals surface area contributed by atoms with E-state index in [0.29, 0.717) is 42.2 Å². The Morgan fingerprint density at radius 2 is 2.00 bits per heavy atom. The van der Waals surface area contributed by atoms with E-state index in [4.69, 9.17) is 9.47 Å². The van der Waals surface area contributed by atoms with Gasteiger partial charge in [-0.15, -0.1) is 0 Å². The summed E-state index contributed by atoms with van der Waals surface area (Å²) in [6.45, 7) is 5.36. The number of nitrogens with zero attached hydrogens (tertiary/aromatic N) is 1. The smallest absolute Gasteiger partial charge is 0.339 e. The summed E-state index contributed by atoms with van der Waals surface area (Å²) in [4.78, 5) is 29.7. The zero-order valence-electron chi connectivity index (χ0n) is 15.7. The van der Waals surface area contributed by atoms with Gasteiger partial charge in [-0.2, -0.15) is 0 Å². The number of Topliss-reactive ketones (excluding diaryl/α,β-unsaturated/α-hetero) is 1. The lowest BCUT2D eigenvalue weighted by Crippen LogP contribution is -2.41. The van der Waals surface area contributed by atoms with Crippen LogP contribution in [0.25, 0.3) is 0 Å². The van der Waals surface area contributed by atoms with E-state index in [9.17, 15) is 14.0 Å². The van der Waals surface area contributed by atoms with E-state index in [0.717, 1.165) is 5.56 Å². The van der Waals surface area contributed by atoms with E-state index in [1.54, 1.807) is 26.0 Å². The van der Waals surface area contributed by atoms with E-state index >= 15 is 0 Å². The normalized spacial score (nSPS) is 17.7. The summed E-state index contributed by atoms with van der Waals surface area (Å²) in [5.74, 6) is -0.839. The van der Waals surface area contributed by atoms with E-state index in [1.165, 1.54) is 19.2 Å². The number of esters is 1. The van der Waals surface area contributed by atoms with Crippen molar-refractivity contribution in [3.8, 4) is 0 Å². The van der Waals surface area contributed by atoms with Gasteiger partial charge in [-0.3, -0.25) is 9.69 Å². The van der Waals surface area contributed by atoms with Crippen molar-refractivity contribution in [2.45, 2.75) is 20.0 Å². The van der Waals surface area contributed by atoms with Gasteiger partial charge in [-0.05, 0) is 37.1 Å². The second-order valence-electron chi connectivity index (χ2n) is 6.69. The van der Waals surface area contributed by atoms with Gasteiger partial charge in [0.05, 0.1) is 37.6 Å². The highest BCUT2D eigenvalue weighted by Gasteiger charge is 2.27. The van der Waals surface area contributed by atoms with Gasteiger partial charge in [0, 0.05) is 18.8 Å². The van der Waals surface area contributed by atoms with Crippen molar-refractivity contribution in [1.82, 2.24) is 9.88 Å². The Morgan fingerprint density at radius 1 is 1.30 bits per heavy atom. The molecule has 0 aliphatic carbocycles. The summed E-state index contributed by atoms with van der Waals surface area (Å²) in [5.41, 5.74) is 2.94. The molecule has 1 aromatic heterocycles. The number of carbonyl (C=O) groups excluding carboxylic acids is 2. The highest BCUT2D eigenvalue weighted by Crippen LogP contribution is 2.24. The average Bonchev–Trinajstić information content (AvgIpc) is 2.96. The second-order valence-corrected chi connectivity index (χ2v) is 6.69. The van der Waals surface area contributed by atoms with Crippen LogP contribution in [-0.2, 0) is 9.47 Å². The predicted molar refractivity (Wildman–Crippen MR) is 97.5 cm³/mol. The maximum Gasteiger partial charge on any atom is 0.339 e. The number of aromatic amines is 1. The predicted octanol–water partition coefficient (Wildman–Crippen LogP) is 2.81. The Hall–Kier alpha value is -2.51. The summed E-state index contributed by atoms with van der Waals surface area (Å²) in [7, 11) is 1.32. The molecule has 0 amide bonds. The molecule has 0 radical (unpaired) electrons. The van der Waals surface area contributed by atoms with Crippen LogP contribution in [0.1, 0.15) is 43.8 Å². The van der Waals surface area contributed by atoms with Gasteiger partial charge in [-0.25, -0.2) is 9.18 Å². The molecular formula is C20H23FN2O4. The van der Waals surface area contributed by atoms with Crippen molar-refractivity contribution in [2.75, 3.05) is 33.4 Å². The van der Waals surface area contributed by atoms with Crippen molar-refractivity contribution in [3.05, 3.63) is 58.2 Å². The Bertz CT molecular complexity index is 844. The van der Waals surface area contributed by atoms with Crippen LogP contribution in [-0.4, -0.2) is 55.0 Å². The third-order valence-electron chi connectivity index (χ3n) is 4.87. The molecule has 1 aliphatic rings. The fourth-order valence-electron chi connectivity index (χ4n) is 3.44. The number of aromatic nitrogens is 1. The SMILES string of the molecule is COC(=O)c1c(C)[nH]c(C(=O)CN2CCOC(c3ccc(F)cc3)C2)c1C. The number of methoxy groups -OCH3 is 1. The molecule has 1 unspecified atom stereocenters. The first-order valence-electron chi connectivity index (χ1n) is 8.80. The first-order chi connectivity index (χ1) is 12.9. The molecule has 144 valence electrons. The maximum absolute atomic E-state index is 13.1. The Balaban J connectivity index is 1.71. The topological polar surface area (TPSA) is 71.6 Å². The number of nitrogens with one attached hydrogen (secondary N) is 1. The molecule has 1 aliphatic heterocycles. The van der Waals surface area contributed by atoms with Crippen LogP contribution in [0, 0.1) is 19.7 Å². The molecule has 0 saturated carbocycles. The lowest BCUT2D eigenvalue weighted by molar-refractivity contribution is -0.0275. The maximum atomic E-state index is 13.1. The number of hydrogen-bond acceptors (Lipinski definition) is 5. The number of ketones is 1. The van der Waals surface area contributed by atoms with Gasteiger partial charge in [0.1, 0.15) is 5.82 Å². The summed E-state index contributed by atoms with van der Waals surface area (Å²) >= 11 is 0. The number of hydrogen-bond donors (Lipinski definition) is 1. The zero-order chi connectivity index (χ0) is 19.6. The molecular weight excluding hydrogens is 351 g/mol. The second kappa shape index (κ2) is 8.02. The van der Waals surface area contributed by atoms with Crippen molar-refractivity contribution >= 4 is 11.8 Å². The van der Waals surface area contributed by atoms with Gasteiger partial charge in [0.15, 0.2) is 5.78 Å². The quantitative estimate of drug-likeness (QED) is 0.644.